The first-order chi connectivity index (χ1) is 12.2. The molecule has 3 rings (SSSR count). The Kier molecular flexibility index (Phi) is 5.67. The molecule has 2 amide bonds. The summed E-state index contributed by atoms with van der Waals surface area (Å²) in [4.78, 5) is 12.4. The zero-order valence-corrected chi connectivity index (χ0v) is 15.2. The van der Waals surface area contributed by atoms with Gasteiger partial charge in [-0.25, -0.2) is 4.79 Å². The normalized spacial score (nSPS) is 11.9. The van der Waals surface area contributed by atoms with E-state index in [-0.39, 0.29) is 12.1 Å². The molecule has 0 bridgehead atoms. The molecule has 0 unspecified atom stereocenters. The van der Waals surface area contributed by atoms with Crippen molar-refractivity contribution in [2.75, 3.05) is 0 Å². The Balaban J connectivity index is 1.70. The fraction of sp³-hybridized carbons (Fsp3) is 0.235. The predicted octanol–water partition coefficient (Wildman–Crippen LogP) is 3.60. The first-order valence-corrected chi connectivity index (χ1v) is 9.18. The van der Waals surface area contributed by atoms with Gasteiger partial charge in [0.05, 0.1) is 12.6 Å². The number of urea groups is 1. The average Bonchev–Trinajstić information content (AvgIpc) is 3.30. The molecule has 130 valence electrons. The third-order valence-electron chi connectivity index (χ3n) is 3.80. The number of rotatable bonds is 6. The molecule has 0 radical (unpaired) electrons. The highest BCUT2D eigenvalue weighted by Gasteiger charge is 2.17. The summed E-state index contributed by atoms with van der Waals surface area (Å²) in [5.41, 5.74) is 1.99. The third kappa shape index (κ3) is 4.37. The topological polar surface area (TPSA) is 71.8 Å². The van der Waals surface area contributed by atoms with Crippen LogP contribution in [0.1, 0.15) is 29.9 Å². The second-order valence-corrected chi connectivity index (χ2v) is 6.62. The quantitative estimate of drug-likeness (QED) is 0.691. The van der Waals surface area contributed by atoms with E-state index in [0.29, 0.717) is 11.6 Å². The Labute approximate surface area is 154 Å². The molecular weight excluding hydrogens is 358 g/mol. The van der Waals surface area contributed by atoms with Gasteiger partial charge in [0.2, 0.25) is 0 Å². The number of aryl methyl sites for hydroxylation is 1. The predicted molar refractivity (Wildman–Crippen MR) is 98.7 cm³/mol. The van der Waals surface area contributed by atoms with E-state index in [1.807, 2.05) is 52.6 Å². The van der Waals surface area contributed by atoms with Gasteiger partial charge < -0.3 is 15.2 Å². The highest BCUT2D eigenvalue weighted by atomic mass is 35.5. The molecule has 0 saturated carbocycles. The lowest BCUT2D eigenvalue weighted by Gasteiger charge is -2.19. The molecule has 1 atom stereocenters. The monoisotopic (exact) mass is 375 g/mol. The maximum Gasteiger partial charge on any atom is 0.315 e. The summed E-state index contributed by atoms with van der Waals surface area (Å²) in [5, 5.41) is 18.4. The molecule has 0 aliphatic heterocycles. The van der Waals surface area contributed by atoms with Crippen molar-refractivity contribution in [3.63, 3.8) is 0 Å². The summed E-state index contributed by atoms with van der Waals surface area (Å²) in [6.07, 6.45) is 1.65. The number of aromatic nitrogens is 3. The maximum atomic E-state index is 12.4. The van der Waals surface area contributed by atoms with E-state index in [4.69, 9.17) is 11.6 Å². The van der Waals surface area contributed by atoms with Crippen LogP contribution in [-0.2, 0) is 13.1 Å². The van der Waals surface area contributed by atoms with Crippen molar-refractivity contribution in [3.05, 3.63) is 69.4 Å². The van der Waals surface area contributed by atoms with Gasteiger partial charge in [0.15, 0.2) is 5.82 Å². The summed E-state index contributed by atoms with van der Waals surface area (Å²) in [6, 6.07) is 8.96. The number of halogens is 1. The van der Waals surface area contributed by atoms with Crippen LogP contribution < -0.4 is 10.6 Å². The number of hydrogen-bond acceptors (Lipinski definition) is 4. The van der Waals surface area contributed by atoms with Crippen LogP contribution in [0.2, 0.25) is 5.02 Å². The van der Waals surface area contributed by atoms with Crippen molar-refractivity contribution in [2.45, 2.75) is 26.1 Å². The lowest BCUT2D eigenvalue weighted by molar-refractivity contribution is 0.238. The van der Waals surface area contributed by atoms with Gasteiger partial charge in [0.1, 0.15) is 6.33 Å². The van der Waals surface area contributed by atoms with Crippen molar-refractivity contribution in [1.29, 1.82) is 0 Å². The maximum absolute atomic E-state index is 12.4. The second-order valence-electron chi connectivity index (χ2n) is 5.40. The smallest absolute Gasteiger partial charge is 0.315 e. The first-order valence-electron chi connectivity index (χ1n) is 7.86. The number of carbonyl (C=O) groups excluding carboxylic acids is 1. The Morgan fingerprint density at radius 3 is 2.76 bits per heavy atom. The number of amides is 2. The highest BCUT2D eigenvalue weighted by Crippen LogP contribution is 2.25. The molecule has 0 aliphatic rings. The largest absolute Gasteiger partial charge is 0.331 e. The lowest BCUT2D eigenvalue weighted by Crippen LogP contribution is -2.38. The van der Waals surface area contributed by atoms with Crippen LogP contribution in [0.15, 0.2) is 47.4 Å². The minimum absolute atomic E-state index is 0.243. The number of nitrogens with one attached hydrogen (secondary N) is 2. The molecule has 0 aliphatic carbocycles. The van der Waals surface area contributed by atoms with E-state index in [9.17, 15) is 4.79 Å². The summed E-state index contributed by atoms with van der Waals surface area (Å²) >= 11 is 7.56. The molecule has 8 heteroatoms. The molecule has 2 heterocycles. The molecule has 2 N–H and O–H groups in total. The zero-order chi connectivity index (χ0) is 17.6. The molecule has 1 aromatic carbocycles. The molecule has 3 aromatic rings. The van der Waals surface area contributed by atoms with Crippen LogP contribution >= 0.6 is 22.9 Å². The van der Waals surface area contributed by atoms with Crippen LogP contribution in [0.5, 0.6) is 0 Å². The Morgan fingerprint density at radius 1 is 1.28 bits per heavy atom. The van der Waals surface area contributed by atoms with E-state index < -0.39 is 0 Å². The molecule has 0 saturated heterocycles. The van der Waals surface area contributed by atoms with Crippen LogP contribution in [0.4, 0.5) is 4.79 Å². The van der Waals surface area contributed by atoms with Crippen molar-refractivity contribution in [3.8, 4) is 0 Å². The van der Waals surface area contributed by atoms with E-state index in [1.54, 1.807) is 17.7 Å². The third-order valence-corrected chi connectivity index (χ3v) is 4.75. The molecule has 25 heavy (non-hydrogen) atoms. The Hall–Kier alpha value is -2.38. The average molecular weight is 376 g/mol. The van der Waals surface area contributed by atoms with Crippen molar-refractivity contribution in [1.82, 2.24) is 25.4 Å². The summed E-state index contributed by atoms with van der Waals surface area (Å²) < 4.78 is 1.88. The van der Waals surface area contributed by atoms with Gasteiger partial charge in [-0.3, -0.25) is 0 Å². The first kappa shape index (κ1) is 17.4. The van der Waals surface area contributed by atoms with Crippen LogP contribution in [0, 0.1) is 0 Å². The van der Waals surface area contributed by atoms with Crippen molar-refractivity contribution < 1.29 is 4.79 Å². The SMILES string of the molecule is CCn1cnnc1CNC(=O)N[C@@H](c1ccc(Cl)cc1)c1ccsc1. The number of thiophene rings is 1. The van der Waals surface area contributed by atoms with Crippen LogP contribution in [-0.4, -0.2) is 20.8 Å². The molecule has 0 fully saturated rings. The van der Waals surface area contributed by atoms with Gasteiger partial charge in [-0.2, -0.15) is 11.3 Å². The van der Waals surface area contributed by atoms with E-state index >= 15 is 0 Å². The van der Waals surface area contributed by atoms with E-state index in [2.05, 4.69) is 20.8 Å². The van der Waals surface area contributed by atoms with Crippen LogP contribution in [0.25, 0.3) is 0 Å². The molecule has 0 spiro atoms. The minimum Gasteiger partial charge on any atom is -0.331 e. The zero-order valence-electron chi connectivity index (χ0n) is 13.6. The number of hydrogen-bond donors (Lipinski definition) is 2. The van der Waals surface area contributed by atoms with Gasteiger partial charge in [0, 0.05) is 11.6 Å². The Bertz CT molecular complexity index is 816. The van der Waals surface area contributed by atoms with E-state index in [0.717, 1.165) is 23.5 Å². The summed E-state index contributed by atoms with van der Waals surface area (Å²) in [7, 11) is 0. The van der Waals surface area contributed by atoms with Crippen molar-refractivity contribution in [2.24, 2.45) is 0 Å². The minimum atomic E-state index is -0.267. The van der Waals surface area contributed by atoms with Gasteiger partial charge in [-0.05, 0) is 47.0 Å². The van der Waals surface area contributed by atoms with E-state index in [1.165, 1.54) is 0 Å². The fourth-order valence-electron chi connectivity index (χ4n) is 2.48. The molecule has 6 nitrogen and oxygen atoms in total. The summed E-state index contributed by atoms with van der Waals surface area (Å²) in [5.74, 6) is 0.719. The Morgan fingerprint density at radius 2 is 2.08 bits per heavy atom. The highest BCUT2D eigenvalue weighted by molar-refractivity contribution is 7.08. The number of carbonyl (C=O) groups is 1. The van der Waals surface area contributed by atoms with Gasteiger partial charge in [-0.1, -0.05) is 23.7 Å². The van der Waals surface area contributed by atoms with Crippen molar-refractivity contribution >= 4 is 29.0 Å². The summed E-state index contributed by atoms with van der Waals surface area (Å²) in [6.45, 7) is 3.07. The molecular formula is C17H18ClN5OS. The van der Waals surface area contributed by atoms with Gasteiger partial charge in [0.25, 0.3) is 0 Å². The standard InChI is InChI=1S/C17H18ClN5OS/c1-2-23-11-20-22-15(23)9-19-17(24)21-16(13-7-8-25-10-13)12-3-5-14(18)6-4-12/h3-8,10-11,16H,2,9H2,1H3,(H2,19,21,24)/t16-/m0/s1. The lowest BCUT2D eigenvalue weighted by atomic mass is 10.0. The van der Waals surface area contributed by atoms with Crippen LogP contribution in [0.3, 0.4) is 0 Å². The number of nitrogens with zero attached hydrogens (tertiary/aromatic N) is 3. The molecule has 2 aromatic heterocycles. The fourth-order valence-corrected chi connectivity index (χ4v) is 3.29. The van der Waals surface area contributed by atoms with Gasteiger partial charge in [-0.15, -0.1) is 10.2 Å². The number of benzene rings is 1. The van der Waals surface area contributed by atoms with Gasteiger partial charge >= 0.3 is 6.03 Å². The second kappa shape index (κ2) is 8.13.